The van der Waals surface area contributed by atoms with Crippen LogP contribution in [0.2, 0.25) is 5.02 Å². The van der Waals surface area contributed by atoms with E-state index < -0.39 is 0 Å². The van der Waals surface area contributed by atoms with E-state index in [1.165, 1.54) is 0 Å². The summed E-state index contributed by atoms with van der Waals surface area (Å²) in [6.07, 6.45) is 0.662. The molecule has 0 bridgehead atoms. The average Bonchev–Trinajstić information content (AvgIpc) is 2.67. The van der Waals surface area contributed by atoms with Gasteiger partial charge in [-0.3, -0.25) is 4.79 Å². The summed E-state index contributed by atoms with van der Waals surface area (Å²) in [5.41, 5.74) is 1.63. The number of aryl methyl sites for hydroxylation is 1. The van der Waals surface area contributed by atoms with E-state index in [0.717, 1.165) is 12.0 Å². The van der Waals surface area contributed by atoms with Crippen molar-refractivity contribution < 1.29 is 9.53 Å². The average molecular weight is 239 g/mol. The first-order valence-corrected chi connectivity index (χ1v) is 5.89. The maximum atomic E-state index is 12.1. The summed E-state index contributed by atoms with van der Waals surface area (Å²) in [7, 11) is 0. The van der Waals surface area contributed by atoms with Gasteiger partial charge >= 0.3 is 0 Å². The number of rotatable bonds is 2. The fourth-order valence-corrected chi connectivity index (χ4v) is 2.12. The summed E-state index contributed by atoms with van der Waals surface area (Å²) < 4.78 is 5.46. The Bertz CT molecular complexity index is 414. The van der Waals surface area contributed by atoms with Gasteiger partial charge in [-0.05, 0) is 30.9 Å². The minimum absolute atomic E-state index is 0.0481. The van der Waals surface area contributed by atoms with E-state index in [-0.39, 0.29) is 11.9 Å². The van der Waals surface area contributed by atoms with Gasteiger partial charge in [-0.25, -0.2) is 0 Å². The van der Waals surface area contributed by atoms with Crippen molar-refractivity contribution in [3.63, 3.8) is 0 Å². The van der Waals surface area contributed by atoms with Gasteiger partial charge in [0.25, 0.3) is 0 Å². The molecular formula is C13H15ClO2. The molecule has 0 N–H and O–H groups in total. The molecule has 1 aromatic rings. The predicted molar refractivity (Wildman–Crippen MR) is 64.0 cm³/mol. The lowest BCUT2D eigenvalue weighted by atomic mass is 9.96. The Balaban J connectivity index is 2.23. The standard InChI is InChI=1S/C13H15ClO2/c1-8-3-4-10(7-11(8)14)12(15)13-9(2)5-6-16-13/h3-4,7,9,13H,5-6H2,1-2H3. The second-order valence-electron chi connectivity index (χ2n) is 4.39. The summed E-state index contributed by atoms with van der Waals surface area (Å²) in [5.74, 6) is 0.347. The normalized spacial score (nSPS) is 24.7. The zero-order valence-electron chi connectivity index (χ0n) is 9.50. The third-order valence-corrected chi connectivity index (χ3v) is 3.51. The number of ether oxygens (including phenoxy) is 1. The van der Waals surface area contributed by atoms with Crippen molar-refractivity contribution >= 4 is 17.4 Å². The molecule has 1 aliphatic rings. The van der Waals surface area contributed by atoms with Crippen molar-refractivity contribution in [2.75, 3.05) is 6.61 Å². The molecule has 2 nitrogen and oxygen atoms in total. The molecule has 0 aromatic heterocycles. The molecule has 2 atom stereocenters. The van der Waals surface area contributed by atoms with Gasteiger partial charge in [-0.1, -0.05) is 30.7 Å². The summed E-state index contributed by atoms with van der Waals surface area (Å²) >= 11 is 6.01. The van der Waals surface area contributed by atoms with Crippen LogP contribution in [-0.2, 0) is 4.74 Å². The van der Waals surface area contributed by atoms with Crippen LogP contribution in [0.3, 0.4) is 0 Å². The third kappa shape index (κ3) is 2.13. The van der Waals surface area contributed by atoms with Crippen LogP contribution >= 0.6 is 11.6 Å². The van der Waals surface area contributed by atoms with Gasteiger partial charge in [-0.2, -0.15) is 0 Å². The van der Waals surface area contributed by atoms with Crippen LogP contribution in [0.25, 0.3) is 0 Å². The molecule has 1 aliphatic heterocycles. The maximum Gasteiger partial charge on any atom is 0.191 e. The Morgan fingerprint density at radius 2 is 2.25 bits per heavy atom. The van der Waals surface area contributed by atoms with E-state index in [2.05, 4.69) is 0 Å². The van der Waals surface area contributed by atoms with E-state index in [0.29, 0.717) is 23.1 Å². The van der Waals surface area contributed by atoms with Crippen molar-refractivity contribution in [3.8, 4) is 0 Å². The first kappa shape index (κ1) is 11.6. The number of hydrogen-bond donors (Lipinski definition) is 0. The Kier molecular flexibility index (Phi) is 3.31. The van der Waals surface area contributed by atoms with E-state index in [9.17, 15) is 4.79 Å². The molecule has 86 valence electrons. The van der Waals surface area contributed by atoms with Crippen LogP contribution in [0.1, 0.15) is 29.3 Å². The van der Waals surface area contributed by atoms with Crippen LogP contribution in [0.5, 0.6) is 0 Å². The number of hydrogen-bond acceptors (Lipinski definition) is 2. The molecule has 2 rings (SSSR count). The van der Waals surface area contributed by atoms with Gasteiger partial charge in [0, 0.05) is 17.2 Å². The SMILES string of the molecule is Cc1ccc(C(=O)C2OCCC2C)cc1Cl. The zero-order chi connectivity index (χ0) is 11.7. The highest BCUT2D eigenvalue weighted by Crippen LogP contribution is 2.25. The Hall–Kier alpha value is -0.860. The molecule has 0 spiro atoms. The molecule has 16 heavy (non-hydrogen) atoms. The van der Waals surface area contributed by atoms with Crippen LogP contribution in [0.4, 0.5) is 0 Å². The van der Waals surface area contributed by atoms with Crippen molar-refractivity contribution in [2.45, 2.75) is 26.4 Å². The number of carbonyl (C=O) groups is 1. The third-order valence-electron chi connectivity index (χ3n) is 3.10. The Morgan fingerprint density at radius 1 is 1.50 bits per heavy atom. The minimum Gasteiger partial charge on any atom is -0.370 e. The lowest BCUT2D eigenvalue weighted by molar-refractivity contribution is 0.0579. The quantitative estimate of drug-likeness (QED) is 0.740. The van der Waals surface area contributed by atoms with Gasteiger partial charge in [-0.15, -0.1) is 0 Å². The predicted octanol–water partition coefficient (Wildman–Crippen LogP) is 3.26. The van der Waals surface area contributed by atoms with Crippen LogP contribution in [0, 0.1) is 12.8 Å². The molecule has 0 amide bonds. The number of benzene rings is 1. The van der Waals surface area contributed by atoms with Gasteiger partial charge in [0.05, 0.1) is 0 Å². The number of Topliss-reactive ketones (excluding diaryl/α,β-unsaturated/α-hetero) is 1. The molecule has 0 saturated carbocycles. The topological polar surface area (TPSA) is 26.3 Å². The highest BCUT2D eigenvalue weighted by Gasteiger charge is 2.31. The second kappa shape index (κ2) is 4.56. The van der Waals surface area contributed by atoms with Gasteiger partial charge in [0.1, 0.15) is 6.10 Å². The minimum atomic E-state index is -0.293. The molecule has 1 fully saturated rings. The number of ketones is 1. The largest absolute Gasteiger partial charge is 0.370 e. The van der Waals surface area contributed by atoms with E-state index in [1.807, 2.05) is 26.0 Å². The lowest BCUT2D eigenvalue weighted by Crippen LogP contribution is -2.25. The summed E-state index contributed by atoms with van der Waals surface area (Å²) in [6, 6.07) is 5.42. The van der Waals surface area contributed by atoms with Crippen molar-refractivity contribution in [2.24, 2.45) is 5.92 Å². The first-order valence-electron chi connectivity index (χ1n) is 5.51. The number of carbonyl (C=O) groups excluding carboxylic acids is 1. The monoisotopic (exact) mass is 238 g/mol. The highest BCUT2D eigenvalue weighted by atomic mass is 35.5. The van der Waals surface area contributed by atoms with Gasteiger partial charge < -0.3 is 4.74 Å². The van der Waals surface area contributed by atoms with Crippen LogP contribution in [-0.4, -0.2) is 18.5 Å². The van der Waals surface area contributed by atoms with Gasteiger partial charge in [0.15, 0.2) is 5.78 Å². The molecule has 0 radical (unpaired) electrons. The molecule has 1 heterocycles. The van der Waals surface area contributed by atoms with Crippen LogP contribution < -0.4 is 0 Å². The van der Waals surface area contributed by atoms with Gasteiger partial charge in [0.2, 0.25) is 0 Å². The van der Waals surface area contributed by atoms with Crippen LogP contribution in [0.15, 0.2) is 18.2 Å². The molecular weight excluding hydrogens is 224 g/mol. The van der Waals surface area contributed by atoms with Crippen molar-refractivity contribution in [1.29, 1.82) is 0 Å². The highest BCUT2D eigenvalue weighted by molar-refractivity contribution is 6.31. The molecule has 1 saturated heterocycles. The molecule has 1 aromatic carbocycles. The fraction of sp³-hybridized carbons (Fsp3) is 0.462. The first-order chi connectivity index (χ1) is 7.59. The fourth-order valence-electron chi connectivity index (χ4n) is 1.94. The Morgan fingerprint density at radius 3 is 2.81 bits per heavy atom. The van der Waals surface area contributed by atoms with Crippen molar-refractivity contribution in [3.05, 3.63) is 34.3 Å². The van der Waals surface area contributed by atoms with E-state index >= 15 is 0 Å². The molecule has 2 unspecified atom stereocenters. The number of halogens is 1. The summed E-state index contributed by atoms with van der Waals surface area (Å²) in [5, 5.41) is 0.636. The molecule has 3 heteroatoms. The Labute approximate surface area is 101 Å². The van der Waals surface area contributed by atoms with E-state index in [4.69, 9.17) is 16.3 Å². The van der Waals surface area contributed by atoms with Crippen molar-refractivity contribution in [1.82, 2.24) is 0 Å². The van der Waals surface area contributed by atoms with E-state index in [1.54, 1.807) is 6.07 Å². The summed E-state index contributed by atoms with van der Waals surface area (Å²) in [6.45, 7) is 4.65. The zero-order valence-corrected chi connectivity index (χ0v) is 10.3. The second-order valence-corrected chi connectivity index (χ2v) is 4.79. The smallest absolute Gasteiger partial charge is 0.191 e. The molecule has 0 aliphatic carbocycles. The lowest BCUT2D eigenvalue weighted by Gasteiger charge is -2.13. The summed E-state index contributed by atoms with van der Waals surface area (Å²) in [4.78, 5) is 12.1. The maximum absolute atomic E-state index is 12.1.